The predicted octanol–water partition coefficient (Wildman–Crippen LogP) is 4.01. The molecule has 0 aliphatic heterocycles. The largest absolute Gasteiger partial charge is 0.312 e. The summed E-state index contributed by atoms with van der Waals surface area (Å²) in [5, 5.41) is 9.77. The second kappa shape index (κ2) is 6.61. The molecule has 21 heavy (non-hydrogen) atoms. The molecule has 0 spiro atoms. The van der Waals surface area contributed by atoms with E-state index in [1.807, 2.05) is 0 Å². The van der Waals surface area contributed by atoms with Gasteiger partial charge in [-0.1, -0.05) is 31.5 Å². The maximum absolute atomic E-state index is 4.83. The number of hydrogen-bond acceptors (Lipinski definition) is 2. The summed E-state index contributed by atoms with van der Waals surface area (Å²) >= 11 is 0. The number of para-hydroxylation sites is 1. The molecule has 0 aliphatic carbocycles. The van der Waals surface area contributed by atoms with Gasteiger partial charge in [0.1, 0.15) is 0 Å². The first kappa shape index (κ1) is 16.0. The van der Waals surface area contributed by atoms with Crippen LogP contribution in [0.3, 0.4) is 0 Å². The van der Waals surface area contributed by atoms with Gasteiger partial charge in [-0.3, -0.25) is 4.68 Å². The fourth-order valence-corrected chi connectivity index (χ4v) is 2.67. The average Bonchev–Trinajstić information content (AvgIpc) is 2.80. The van der Waals surface area contributed by atoms with Gasteiger partial charge in [-0.05, 0) is 52.6 Å². The second-order valence-corrected chi connectivity index (χ2v) is 6.89. The van der Waals surface area contributed by atoms with E-state index in [2.05, 4.69) is 68.9 Å². The summed E-state index contributed by atoms with van der Waals surface area (Å²) in [7, 11) is 0. The summed E-state index contributed by atoms with van der Waals surface area (Å²) in [5.41, 5.74) is 2.68. The molecule has 0 fully saturated rings. The number of nitrogens with zero attached hydrogens (tertiary/aromatic N) is 2. The van der Waals surface area contributed by atoms with Crippen LogP contribution < -0.4 is 5.32 Å². The predicted molar refractivity (Wildman–Crippen MR) is 90.6 cm³/mol. The van der Waals surface area contributed by atoms with Crippen LogP contribution in [0.2, 0.25) is 0 Å². The molecule has 1 N–H and O–H groups in total. The molecular formula is C18H29N3. The van der Waals surface area contributed by atoms with Crippen molar-refractivity contribution < 1.29 is 0 Å². The molecule has 1 atom stereocenters. The molecule has 0 saturated carbocycles. The quantitative estimate of drug-likeness (QED) is 0.870. The van der Waals surface area contributed by atoms with Crippen LogP contribution in [-0.4, -0.2) is 21.9 Å². The van der Waals surface area contributed by atoms with E-state index in [1.165, 1.54) is 23.0 Å². The Hall–Kier alpha value is -1.35. The molecule has 1 heterocycles. The van der Waals surface area contributed by atoms with E-state index in [1.54, 1.807) is 0 Å². The second-order valence-electron chi connectivity index (χ2n) is 6.89. The minimum absolute atomic E-state index is 0.179. The van der Waals surface area contributed by atoms with Crippen LogP contribution >= 0.6 is 0 Å². The van der Waals surface area contributed by atoms with E-state index in [-0.39, 0.29) is 5.54 Å². The zero-order chi connectivity index (χ0) is 15.5. The van der Waals surface area contributed by atoms with Crippen LogP contribution in [0.4, 0.5) is 0 Å². The molecule has 3 heteroatoms. The first-order valence-electron chi connectivity index (χ1n) is 8.14. The van der Waals surface area contributed by atoms with Crippen LogP contribution in [0.5, 0.6) is 0 Å². The highest BCUT2D eigenvalue weighted by Gasteiger charge is 2.17. The SMILES string of the molecule is CCC(CNC(C)(C)C)Cc1nn(CC)c2ccccc12. The summed E-state index contributed by atoms with van der Waals surface area (Å²) < 4.78 is 2.12. The molecule has 2 rings (SSSR count). The average molecular weight is 287 g/mol. The van der Waals surface area contributed by atoms with Gasteiger partial charge in [0.05, 0.1) is 11.2 Å². The minimum atomic E-state index is 0.179. The highest BCUT2D eigenvalue weighted by Crippen LogP contribution is 2.22. The molecule has 1 unspecified atom stereocenters. The molecule has 0 radical (unpaired) electrons. The molecule has 0 amide bonds. The molecular weight excluding hydrogens is 258 g/mol. The third kappa shape index (κ3) is 4.07. The van der Waals surface area contributed by atoms with E-state index in [4.69, 9.17) is 5.10 Å². The van der Waals surface area contributed by atoms with Gasteiger partial charge in [0, 0.05) is 17.5 Å². The van der Waals surface area contributed by atoms with Crippen LogP contribution in [-0.2, 0) is 13.0 Å². The zero-order valence-corrected chi connectivity index (χ0v) is 14.1. The van der Waals surface area contributed by atoms with E-state index >= 15 is 0 Å². The first-order valence-corrected chi connectivity index (χ1v) is 8.14. The summed E-state index contributed by atoms with van der Waals surface area (Å²) in [6.45, 7) is 13.1. The highest BCUT2D eigenvalue weighted by atomic mass is 15.3. The van der Waals surface area contributed by atoms with Gasteiger partial charge in [-0.25, -0.2) is 0 Å². The van der Waals surface area contributed by atoms with Gasteiger partial charge < -0.3 is 5.32 Å². The van der Waals surface area contributed by atoms with Crippen molar-refractivity contribution in [3.05, 3.63) is 30.0 Å². The third-order valence-electron chi connectivity index (χ3n) is 4.01. The molecule has 1 aromatic carbocycles. The summed E-state index contributed by atoms with van der Waals surface area (Å²) in [5.74, 6) is 0.632. The van der Waals surface area contributed by atoms with Gasteiger partial charge in [-0.2, -0.15) is 5.10 Å². The topological polar surface area (TPSA) is 29.9 Å². The Kier molecular flexibility index (Phi) is 5.04. The van der Waals surface area contributed by atoms with E-state index in [0.29, 0.717) is 5.92 Å². The number of aryl methyl sites for hydroxylation is 1. The Morgan fingerprint density at radius 1 is 1.19 bits per heavy atom. The van der Waals surface area contributed by atoms with Gasteiger partial charge in [-0.15, -0.1) is 0 Å². The molecule has 0 saturated heterocycles. The Bertz CT molecular complexity index is 578. The lowest BCUT2D eigenvalue weighted by Crippen LogP contribution is -2.39. The Labute approximate surface area is 128 Å². The molecule has 3 nitrogen and oxygen atoms in total. The van der Waals surface area contributed by atoms with Gasteiger partial charge >= 0.3 is 0 Å². The van der Waals surface area contributed by atoms with Crippen LogP contribution in [0.25, 0.3) is 10.9 Å². The van der Waals surface area contributed by atoms with Crippen LogP contribution in [0.1, 0.15) is 46.7 Å². The van der Waals surface area contributed by atoms with E-state index in [0.717, 1.165) is 19.5 Å². The zero-order valence-electron chi connectivity index (χ0n) is 14.1. The summed E-state index contributed by atoms with van der Waals surface area (Å²) in [6, 6.07) is 8.58. The summed E-state index contributed by atoms with van der Waals surface area (Å²) in [4.78, 5) is 0. The van der Waals surface area contributed by atoms with Crippen molar-refractivity contribution in [2.24, 2.45) is 5.92 Å². The number of hydrogen-bond donors (Lipinski definition) is 1. The lowest BCUT2D eigenvalue weighted by molar-refractivity contribution is 0.361. The molecule has 116 valence electrons. The van der Waals surface area contributed by atoms with Crippen molar-refractivity contribution in [3.63, 3.8) is 0 Å². The van der Waals surface area contributed by atoms with Crippen molar-refractivity contribution in [2.75, 3.05) is 6.54 Å². The summed E-state index contributed by atoms with van der Waals surface area (Å²) in [6.07, 6.45) is 2.23. The minimum Gasteiger partial charge on any atom is -0.312 e. The number of rotatable bonds is 6. The van der Waals surface area contributed by atoms with Crippen molar-refractivity contribution in [3.8, 4) is 0 Å². The van der Waals surface area contributed by atoms with Gasteiger partial charge in [0.25, 0.3) is 0 Å². The monoisotopic (exact) mass is 287 g/mol. The van der Waals surface area contributed by atoms with Gasteiger partial charge in [0.15, 0.2) is 0 Å². The van der Waals surface area contributed by atoms with Crippen LogP contribution in [0, 0.1) is 5.92 Å². The smallest absolute Gasteiger partial charge is 0.0706 e. The van der Waals surface area contributed by atoms with Crippen LogP contribution in [0.15, 0.2) is 24.3 Å². The van der Waals surface area contributed by atoms with E-state index in [9.17, 15) is 0 Å². The highest BCUT2D eigenvalue weighted by molar-refractivity contribution is 5.81. The maximum atomic E-state index is 4.83. The lowest BCUT2D eigenvalue weighted by atomic mass is 9.97. The van der Waals surface area contributed by atoms with Gasteiger partial charge in [0.2, 0.25) is 0 Å². The Morgan fingerprint density at radius 3 is 2.52 bits per heavy atom. The molecule has 2 aromatic rings. The molecule has 0 aliphatic rings. The lowest BCUT2D eigenvalue weighted by Gasteiger charge is -2.24. The van der Waals surface area contributed by atoms with Crippen molar-refractivity contribution in [1.29, 1.82) is 0 Å². The van der Waals surface area contributed by atoms with Crippen molar-refractivity contribution >= 4 is 10.9 Å². The number of aromatic nitrogens is 2. The molecule has 0 bridgehead atoms. The maximum Gasteiger partial charge on any atom is 0.0706 e. The first-order chi connectivity index (χ1) is 9.94. The molecule has 1 aromatic heterocycles. The normalized spacial score (nSPS) is 13.8. The number of fused-ring (bicyclic) bond motifs is 1. The Morgan fingerprint density at radius 2 is 1.90 bits per heavy atom. The van der Waals surface area contributed by atoms with Crippen molar-refractivity contribution in [1.82, 2.24) is 15.1 Å². The Balaban J connectivity index is 2.18. The van der Waals surface area contributed by atoms with E-state index < -0.39 is 0 Å². The standard InChI is InChI=1S/C18H29N3/c1-6-14(13-19-18(3,4)5)12-16-15-10-8-9-11-17(15)21(7-2)20-16/h8-11,14,19H,6-7,12-13H2,1-5H3. The fraction of sp³-hybridized carbons (Fsp3) is 0.611. The number of benzene rings is 1. The fourth-order valence-electron chi connectivity index (χ4n) is 2.67. The van der Waals surface area contributed by atoms with Crippen molar-refractivity contribution in [2.45, 2.75) is 59.5 Å². The number of nitrogens with one attached hydrogen (secondary N) is 1. The third-order valence-corrected chi connectivity index (χ3v) is 4.01.